The van der Waals surface area contributed by atoms with Crippen LogP contribution in [0.1, 0.15) is 10.4 Å². The van der Waals surface area contributed by atoms with E-state index in [4.69, 9.17) is 14.5 Å². The zero-order chi connectivity index (χ0) is 20.9. The maximum Gasteiger partial charge on any atom is 0.251 e. The smallest absolute Gasteiger partial charge is 0.251 e. The standard InChI is InChI=1S/C23H22N4O3.ClH/c1-29-13-12-25-23(28)17-5-3-4-16(14-17)21-26-20-19(10-11-24-22(20)27-21)15-6-8-18(30-2)9-7-15;/h3-11,14H,12-13H2,1-2H3,(H,25,28)(H,24,26,27);1H. The van der Waals surface area contributed by atoms with Crippen LogP contribution in [0.25, 0.3) is 33.7 Å². The molecule has 8 heteroatoms. The van der Waals surface area contributed by atoms with Gasteiger partial charge in [0.25, 0.3) is 5.91 Å². The third-order valence-corrected chi connectivity index (χ3v) is 4.78. The Labute approximate surface area is 186 Å². The Hall–Kier alpha value is -3.42. The number of halogens is 1. The van der Waals surface area contributed by atoms with E-state index >= 15 is 0 Å². The molecule has 0 radical (unpaired) electrons. The van der Waals surface area contributed by atoms with E-state index < -0.39 is 0 Å². The predicted octanol–water partition coefficient (Wildman–Crippen LogP) is 4.10. The normalized spacial score (nSPS) is 10.5. The molecule has 2 heterocycles. The van der Waals surface area contributed by atoms with Crippen LogP contribution in [0.4, 0.5) is 0 Å². The number of rotatable bonds is 7. The first kappa shape index (κ1) is 22.3. The Morgan fingerprint density at radius 3 is 2.61 bits per heavy atom. The summed E-state index contributed by atoms with van der Waals surface area (Å²) in [7, 11) is 3.24. The van der Waals surface area contributed by atoms with Gasteiger partial charge in [0.05, 0.1) is 13.7 Å². The van der Waals surface area contributed by atoms with Gasteiger partial charge in [0.2, 0.25) is 0 Å². The molecule has 2 aromatic heterocycles. The van der Waals surface area contributed by atoms with Crippen LogP contribution in [-0.4, -0.2) is 48.2 Å². The van der Waals surface area contributed by atoms with Crippen molar-refractivity contribution in [3.05, 3.63) is 66.4 Å². The van der Waals surface area contributed by atoms with Gasteiger partial charge in [-0.1, -0.05) is 24.3 Å². The molecule has 0 saturated heterocycles. The Bertz CT molecular complexity index is 1180. The summed E-state index contributed by atoms with van der Waals surface area (Å²) in [5.41, 5.74) is 4.83. The van der Waals surface area contributed by atoms with E-state index in [0.29, 0.717) is 30.2 Å². The molecular weight excluding hydrogens is 416 g/mol. The second-order valence-corrected chi connectivity index (χ2v) is 6.70. The number of methoxy groups -OCH3 is 2. The SMILES string of the molecule is COCCNC(=O)c1cccc(-c2nc3c(-c4ccc(OC)cc4)ccnc3[nH]2)c1.Cl. The van der Waals surface area contributed by atoms with Gasteiger partial charge in [0.1, 0.15) is 17.1 Å². The number of hydrogen-bond donors (Lipinski definition) is 2. The van der Waals surface area contributed by atoms with E-state index in [1.807, 2.05) is 48.5 Å². The minimum atomic E-state index is -0.151. The van der Waals surface area contributed by atoms with Crippen LogP contribution in [0.15, 0.2) is 60.8 Å². The first-order valence-corrected chi connectivity index (χ1v) is 9.56. The molecule has 0 spiro atoms. The van der Waals surface area contributed by atoms with E-state index in [2.05, 4.69) is 15.3 Å². The van der Waals surface area contributed by atoms with Gasteiger partial charge in [0, 0.05) is 36.5 Å². The lowest BCUT2D eigenvalue weighted by Gasteiger charge is -2.05. The molecule has 0 aliphatic rings. The average molecular weight is 439 g/mol. The third kappa shape index (κ3) is 4.84. The van der Waals surface area contributed by atoms with Crippen LogP contribution in [0, 0.1) is 0 Å². The van der Waals surface area contributed by atoms with Gasteiger partial charge in [-0.25, -0.2) is 9.97 Å². The van der Waals surface area contributed by atoms with E-state index in [1.54, 1.807) is 26.5 Å². The lowest BCUT2D eigenvalue weighted by molar-refractivity contribution is 0.0937. The minimum Gasteiger partial charge on any atom is -0.497 e. The summed E-state index contributed by atoms with van der Waals surface area (Å²) in [6.45, 7) is 0.925. The monoisotopic (exact) mass is 438 g/mol. The highest BCUT2D eigenvalue weighted by Crippen LogP contribution is 2.29. The van der Waals surface area contributed by atoms with Gasteiger partial charge in [-0.05, 0) is 35.9 Å². The highest BCUT2D eigenvalue weighted by Gasteiger charge is 2.13. The summed E-state index contributed by atoms with van der Waals surface area (Å²) in [5.74, 6) is 1.31. The Balaban J connectivity index is 0.00000272. The summed E-state index contributed by atoms with van der Waals surface area (Å²) in [4.78, 5) is 24.8. The summed E-state index contributed by atoms with van der Waals surface area (Å²) in [6.07, 6.45) is 1.75. The number of H-pyrrole nitrogens is 1. The van der Waals surface area contributed by atoms with Crippen LogP contribution >= 0.6 is 12.4 Å². The molecule has 7 nitrogen and oxygen atoms in total. The number of carbonyl (C=O) groups is 1. The molecule has 0 aliphatic heterocycles. The second-order valence-electron chi connectivity index (χ2n) is 6.70. The number of aromatic nitrogens is 3. The number of amides is 1. The van der Waals surface area contributed by atoms with E-state index in [0.717, 1.165) is 28.0 Å². The summed E-state index contributed by atoms with van der Waals surface area (Å²) < 4.78 is 10.2. The zero-order valence-corrected chi connectivity index (χ0v) is 18.0. The largest absolute Gasteiger partial charge is 0.497 e. The number of nitrogens with zero attached hydrogens (tertiary/aromatic N) is 2. The molecule has 0 aliphatic carbocycles. The predicted molar refractivity (Wildman–Crippen MR) is 123 cm³/mol. The number of benzene rings is 2. The van der Waals surface area contributed by atoms with Gasteiger partial charge in [-0.15, -0.1) is 12.4 Å². The molecular formula is C23H23ClN4O3. The fourth-order valence-corrected chi connectivity index (χ4v) is 3.23. The molecule has 0 bridgehead atoms. The average Bonchev–Trinajstić information content (AvgIpc) is 3.24. The molecule has 2 aromatic carbocycles. The lowest BCUT2D eigenvalue weighted by atomic mass is 10.1. The van der Waals surface area contributed by atoms with Crippen LogP contribution in [0.2, 0.25) is 0 Å². The fourth-order valence-electron chi connectivity index (χ4n) is 3.23. The quantitative estimate of drug-likeness (QED) is 0.424. The summed E-state index contributed by atoms with van der Waals surface area (Å²) in [5, 5.41) is 2.83. The Morgan fingerprint density at radius 1 is 1.06 bits per heavy atom. The van der Waals surface area contributed by atoms with Crippen LogP contribution in [0.5, 0.6) is 5.75 Å². The van der Waals surface area contributed by atoms with Crippen LogP contribution in [0.3, 0.4) is 0 Å². The van der Waals surface area contributed by atoms with Crippen LogP contribution < -0.4 is 10.1 Å². The highest BCUT2D eigenvalue weighted by atomic mass is 35.5. The molecule has 0 fully saturated rings. The maximum atomic E-state index is 12.3. The maximum absolute atomic E-state index is 12.3. The van der Waals surface area contributed by atoms with Crippen molar-refractivity contribution in [3.63, 3.8) is 0 Å². The van der Waals surface area contributed by atoms with Crippen molar-refractivity contribution in [3.8, 4) is 28.3 Å². The second kappa shape index (κ2) is 10.1. The van der Waals surface area contributed by atoms with Crippen LogP contribution in [-0.2, 0) is 4.74 Å². The molecule has 4 aromatic rings. The number of imidazole rings is 1. The number of aromatic amines is 1. The minimum absolute atomic E-state index is 0. The molecule has 0 saturated carbocycles. The number of carbonyl (C=O) groups excluding carboxylic acids is 1. The fraction of sp³-hybridized carbons (Fsp3) is 0.174. The first-order valence-electron chi connectivity index (χ1n) is 9.56. The molecule has 1 amide bonds. The molecule has 4 rings (SSSR count). The van der Waals surface area contributed by atoms with Crippen molar-refractivity contribution >= 4 is 29.5 Å². The number of pyridine rings is 1. The van der Waals surface area contributed by atoms with E-state index in [9.17, 15) is 4.79 Å². The van der Waals surface area contributed by atoms with E-state index in [-0.39, 0.29) is 18.3 Å². The van der Waals surface area contributed by atoms with Crippen molar-refractivity contribution in [1.29, 1.82) is 0 Å². The van der Waals surface area contributed by atoms with E-state index in [1.165, 1.54) is 0 Å². The van der Waals surface area contributed by atoms with Gasteiger partial charge < -0.3 is 19.8 Å². The zero-order valence-electron chi connectivity index (χ0n) is 17.2. The van der Waals surface area contributed by atoms with Crippen molar-refractivity contribution in [2.45, 2.75) is 0 Å². The number of nitrogens with one attached hydrogen (secondary N) is 2. The third-order valence-electron chi connectivity index (χ3n) is 4.78. The van der Waals surface area contributed by atoms with Gasteiger partial charge in [0.15, 0.2) is 5.65 Å². The van der Waals surface area contributed by atoms with Crippen molar-refractivity contribution in [2.75, 3.05) is 27.4 Å². The molecule has 0 atom stereocenters. The molecule has 0 unspecified atom stereocenters. The van der Waals surface area contributed by atoms with Gasteiger partial charge >= 0.3 is 0 Å². The van der Waals surface area contributed by atoms with Crippen molar-refractivity contribution < 1.29 is 14.3 Å². The number of hydrogen-bond acceptors (Lipinski definition) is 5. The summed E-state index contributed by atoms with van der Waals surface area (Å²) >= 11 is 0. The molecule has 160 valence electrons. The lowest BCUT2D eigenvalue weighted by Crippen LogP contribution is -2.26. The van der Waals surface area contributed by atoms with Gasteiger partial charge in [-0.2, -0.15) is 0 Å². The molecule has 31 heavy (non-hydrogen) atoms. The Kier molecular flexibility index (Phi) is 7.23. The number of fused-ring (bicyclic) bond motifs is 1. The van der Waals surface area contributed by atoms with Crippen molar-refractivity contribution in [2.24, 2.45) is 0 Å². The summed E-state index contributed by atoms with van der Waals surface area (Å²) in [6, 6.07) is 17.1. The number of ether oxygens (including phenoxy) is 2. The molecule has 2 N–H and O–H groups in total. The first-order chi connectivity index (χ1) is 14.7. The topological polar surface area (TPSA) is 89.1 Å². The van der Waals surface area contributed by atoms with Gasteiger partial charge in [-0.3, -0.25) is 4.79 Å². The highest BCUT2D eigenvalue weighted by molar-refractivity contribution is 5.96. The Morgan fingerprint density at radius 2 is 1.87 bits per heavy atom. The van der Waals surface area contributed by atoms with Crippen molar-refractivity contribution in [1.82, 2.24) is 20.3 Å².